The van der Waals surface area contributed by atoms with E-state index in [1.54, 1.807) is 4.90 Å². The lowest BCUT2D eigenvalue weighted by Crippen LogP contribution is -2.44. The summed E-state index contributed by atoms with van der Waals surface area (Å²) < 4.78 is 41.9. The molecule has 2 heterocycles. The van der Waals surface area contributed by atoms with Crippen LogP contribution in [0.3, 0.4) is 0 Å². The molecule has 0 aliphatic carbocycles. The highest BCUT2D eigenvalue weighted by Gasteiger charge is 2.33. The standard InChI is InChI=1S/C24H28F3N3O4/c1-4-19-13(2)7-5-6-8-30(19)24(34)20-22(32)21(31)16(12-29(20)3)23(33)28-11-15-17(26)9-14(25)10-18(15)27/h9-10,12-13,19,32H,4-8,11H2,1-3H3,(H,28,33). The van der Waals surface area contributed by atoms with Crippen molar-refractivity contribution >= 4 is 11.8 Å². The molecule has 0 saturated carbocycles. The highest BCUT2D eigenvalue weighted by atomic mass is 19.1. The van der Waals surface area contributed by atoms with Gasteiger partial charge in [0.1, 0.15) is 23.0 Å². The van der Waals surface area contributed by atoms with Crippen molar-refractivity contribution in [2.75, 3.05) is 6.54 Å². The van der Waals surface area contributed by atoms with Gasteiger partial charge in [-0.2, -0.15) is 0 Å². The zero-order valence-electron chi connectivity index (χ0n) is 19.3. The van der Waals surface area contributed by atoms with E-state index in [4.69, 9.17) is 0 Å². The summed E-state index contributed by atoms with van der Waals surface area (Å²) in [5.41, 5.74) is -2.39. The summed E-state index contributed by atoms with van der Waals surface area (Å²) in [5.74, 6) is -5.60. The number of nitrogens with one attached hydrogen (secondary N) is 1. The second-order valence-electron chi connectivity index (χ2n) is 8.66. The topological polar surface area (TPSA) is 91.6 Å². The first kappa shape index (κ1) is 25.3. The van der Waals surface area contributed by atoms with Crippen molar-refractivity contribution < 1.29 is 27.9 Å². The van der Waals surface area contributed by atoms with Crippen LogP contribution in [0, 0.1) is 23.4 Å². The number of hydrogen-bond donors (Lipinski definition) is 2. The van der Waals surface area contributed by atoms with E-state index in [0.29, 0.717) is 18.7 Å². The van der Waals surface area contributed by atoms with Crippen molar-refractivity contribution in [1.82, 2.24) is 14.8 Å². The third-order valence-corrected chi connectivity index (χ3v) is 6.38. The maximum absolute atomic E-state index is 13.8. The van der Waals surface area contributed by atoms with E-state index >= 15 is 0 Å². The van der Waals surface area contributed by atoms with Crippen molar-refractivity contribution in [2.45, 2.75) is 52.1 Å². The van der Waals surface area contributed by atoms with Crippen LogP contribution in [0.2, 0.25) is 0 Å². The van der Waals surface area contributed by atoms with Gasteiger partial charge in [-0.15, -0.1) is 0 Å². The number of amides is 2. The zero-order valence-corrected chi connectivity index (χ0v) is 19.3. The van der Waals surface area contributed by atoms with Gasteiger partial charge in [-0.3, -0.25) is 14.4 Å². The van der Waals surface area contributed by atoms with Gasteiger partial charge in [-0.25, -0.2) is 13.2 Å². The van der Waals surface area contributed by atoms with E-state index in [9.17, 15) is 32.7 Å². The van der Waals surface area contributed by atoms with Crippen LogP contribution < -0.4 is 10.7 Å². The van der Waals surface area contributed by atoms with Crippen LogP contribution in [0.25, 0.3) is 0 Å². The van der Waals surface area contributed by atoms with Crippen molar-refractivity contribution in [3.05, 3.63) is 62.8 Å². The summed E-state index contributed by atoms with van der Waals surface area (Å²) in [6, 6.07) is 0.902. The number of benzene rings is 1. The van der Waals surface area contributed by atoms with E-state index in [0.717, 1.165) is 31.9 Å². The Morgan fingerprint density at radius 3 is 2.44 bits per heavy atom. The first-order valence-electron chi connectivity index (χ1n) is 11.2. The molecule has 2 unspecified atom stereocenters. The van der Waals surface area contributed by atoms with Crippen LogP contribution in [-0.4, -0.2) is 39.0 Å². The summed E-state index contributed by atoms with van der Waals surface area (Å²) >= 11 is 0. The first-order chi connectivity index (χ1) is 16.1. The molecule has 1 aliphatic heterocycles. The fraction of sp³-hybridized carbons (Fsp3) is 0.458. The van der Waals surface area contributed by atoms with Gasteiger partial charge in [0.25, 0.3) is 11.8 Å². The van der Waals surface area contributed by atoms with E-state index in [1.807, 2.05) is 6.92 Å². The largest absolute Gasteiger partial charge is 0.503 e. The maximum atomic E-state index is 13.8. The average Bonchev–Trinajstić information content (AvgIpc) is 2.96. The molecule has 7 nitrogen and oxygen atoms in total. The number of carbonyl (C=O) groups excluding carboxylic acids is 2. The molecule has 1 aromatic carbocycles. The molecule has 2 aromatic rings. The number of aromatic hydroxyl groups is 1. The predicted octanol–water partition coefficient (Wildman–Crippen LogP) is 3.48. The molecule has 184 valence electrons. The summed E-state index contributed by atoms with van der Waals surface area (Å²) in [4.78, 5) is 40.3. The van der Waals surface area contributed by atoms with E-state index in [-0.39, 0.29) is 17.7 Å². The highest BCUT2D eigenvalue weighted by molar-refractivity contribution is 5.98. The van der Waals surface area contributed by atoms with Gasteiger partial charge >= 0.3 is 0 Å². The lowest BCUT2D eigenvalue weighted by molar-refractivity contribution is 0.0617. The minimum atomic E-state index is -1.19. The van der Waals surface area contributed by atoms with Gasteiger partial charge in [-0.05, 0) is 25.2 Å². The number of nitrogens with zero attached hydrogens (tertiary/aromatic N) is 2. The summed E-state index contributed by atoms with van der Waals surface area (Å²) in [5, 5.41) is 12.8. The minimum absolute atomic E-state index is 0.0482. The smallest absolute Gasteiger partial charge is 0.274 e. The zero-order chi connectivity index (χ0) is 25.2. The molecule has 2 amide bonds. The number of likely N-dealkylation sites (tertiary alicyclic amines) is 1. The fourth-order valence-electron chi connectivity index (χ4n) is 4.56. The van der Waals surface area contributed by atoms with Gasteiger partial charge in [0.15, 0.2) is 11.4 Å². The minimum Gasteiger partial charge on any atom is -0.503 e. The van der Waals surface area contributed by atoms with Gasteiger partial charge in [-0.1, -0.05) is 20.3 Å². The number of pyridine rings is 1. The molecular weight excluding hydrogens is 451 g/mol. The van der Waals surface area contributed by atoms with Crippen molar-refractivity contribution in [1.29, 1.82) is 0 Å². The second kappa shape index (κ2) is 10.3. The Hall–Kier alpha value is -3.30. The van der Waals surface area contributed by atoms with Crippen LogP contribution >= 0.6 is 0 Å². The number of hydrogen-bond acceptors (Lipinski definition) is 4. The molecule has 0 bridgehead atoms. The highest BCUT2D eigenvalue weighted by Crippen LogP contribution is 2.27. The molecule has 10 heteroatoms. The number of rotatable bonds is 5. The monoisotopic (exact) mass is 479 g/mol. The Bertz CT molecular complexity index is 1140. The van der Waals surface area contributed by atoms with Gasteiger partial charge in [0.05, 0.1) is 0 Å². The second-order valence-corrected chi connectivity index (χ2v) is 8.66. The summed E-state index contributed by atoms with van der Waals surface area (Å²) in [7, 11) is 1.42. The van der Waals surface area contributed by atoms with Crippen LogP contribution in [0.4, 0.5) is 13.2 Å². The van der Waals surface area contributed by atoms with Crippen LogP contribution in [0.1, 0.15) is 65.9 Å². The predicted molar refractivity (Wildman–Crippen MR) is 119 cm³/mol. The van der Waals surface area contributed by atoms with Crippen LogP contribution in [0.15, 0.2) is 23.1 Å². The summed E-state index contributed by atoms with van der Waals surface area (Å²) in [6.07, 6.45) is 4.57. The van der Waals surface area contributed by atoms with E-state index < -0.39 is 58.1 Å². The normalized spacial score (nSPS) is 18.5. The molecule has 0 spiro atoms. The fourth-order valence-corrected chi connectivity index (χ4v) is 4.56. The quantitative estimate of drug-likeness (QED) is 0.687. The van der Waals surface area contributed by atoms with Crippen LogP contribution in [0.5, 0.6) is 5.75 Å². The van der Waals surface area contributed by atoms with Crippen LogP contribution in [-0.2, 0) is 13.6 Å². The Labute approximate surface area is 195 Å². The molecule has 1 aliphatic rings. The number of carbonyl (C=O) groups is 2. The molecule has 1 aromatic heterocycles. The Morgan fingerprint density at radius 2 is 1.82 bits per heavy atom. The van der Waals surface area contributed by atoms with E-state index in [2.05, 4.69) is 12.2 Å². The molecule has 2 N–H and O–H groups in total. The SMILES string of the molecule is CCC1C(C)CCCCN1C(=O)c1c(O)c(=O)c(C(=O)NCc2c(F)cc(F)cc2F)cn1C. The summed E-state index contributed by atoms with van der Waals surface area (Å²) in [6.45, 7) is 3.89. The molecule has 3 rings (SSSR count). The molecular formula is C24H28F3N3O4. The first-order valence-corrected chi connectivity index (χ1v) is 11.2. The molecule has 34 heavy (non-hydrogen) atoms. The van der Waals surface area contributed by atoms with Crippen molar-refractivity contribution in [3.8, 4) is 5.75 Å². The van der Waals surface area contributed by atoms with Gasteiger partial charge in [0, 0.05) is 50.1 Å². The number of aromatic nitrogens is 1. The molecule has 2 atom stereocenters. The van der Waals surface area contributed by atoms with Crippen molar-refractivity contribution in [2.24, 2.45) is 13.0 Å². The number of aryl methyl sites for hydroxylation is 1. The van der Waals surface area contributed by atoms with Crippen molar-refractivity contribution in [3.63, 3.8) is 0 Å². The third kappa shape index (κ3) is 4.95. The van der Waals surface area contributed by atoms with E-state index in [1.165, 1.54) is 11.6 Å². The lowest BCUT2D eigenvalue weighted by Gasteiger charge is -2.33. The lowest BCUT2D eigenvalue weighted by atomic mass is 9.94. The molecule has 1 fully saturated rings. The third-order valence-electron chi connectivity index (χ3n) is 6.38. The molecule has 1 saturated heterocycles. The van der Waals surface area contributed by atoms with Gasteiger partial charge < -0.3 is 19.9 Å². The Balaban J connectivity index is 1.88. The number of halogens is 3. The maximum Gasteiger partial charge on any atom is 0.274 e. The Morgan fingerprint density at radius 1 is 1.18 bits per heavy atom. The average molecular weight is 479 g/mol. The van der Waals surface area contributed by atoms with Gasteiger partial charge in [0.2, 0.25) is 5.43 Å². The Kier molecular flexibility index (Phi) is 7.68. The molecule has 0 radical (unpaired) electrons.